The van der Waals surface area contributed by atoms with E-state index in [4.69, 9.17) is 0 Å². The molecule has 0 rings (SSSR count). The van der Waals surface area contributed by atoms with Crippen LogP contribution in [0.5, 0.6) is 0 Å². The summed E-state index contributed by atoms with van der Waals surface area (Å²) in [5, 5.41) is 1.12. The highest BCUT2D eigenvalue weighted by molar-refractivity contribution is 9.09. The van der Waals surface area contributed by atoms with Gasteiger partial charge in [-0.3, -0.25) is 0 Å². The predicted molar refractivity (Wildman–Crippen MR) is 51.6 cm³/mol. The smallest absolute Gasteiger partial charge is 0.00671 e. The number of hydrogen-bond donors (Lipinski definition) is 0. The average Bonchev–Trinajstić information content (AvgIpc) is 1.60. The molecule has 0 nitrogen and oxygen atoms in total. The average molecular weight is 207 g/mol. The van der Waals surface area contributed by atoms with E-state index in [1.165, 1.54) is 0 Å². The first-order chi connectivity index (χ1) is 4.39. The van der Waals surface area contributed by atoms with Gasteiger partial charge in [-0.2, -0.15) is 0 Å². The zero-order chi connectivity index (χ0) is 8.36. The first-order valence-corrected chi connectivity index (χ1v) is 5.07. The molecule has 1 atom stereocenters. The molecule has 0 amide bonds. The molecular weight excluding hydrogens is 188 g/mol. The van der Waals surface area contributed by atoms with Gasteiger partial charge in [-0.1, -0.05) is 50.5 Å². The molecule has 0 aliphatic heterocycles. The second-order valence-corrected chi connectivity index (χ2v) is 5.02. The first-order valence-electron chi connectivity index (χ1n) is 3.95. The summed E-state index contributed by atoms with van der Waals surface area (Å²) >= 11 is 3.55. The van der Waals surface area contributed by atoms with Gasteiger partial charge in [0.05, 0.1) is 0 Å². The lowest BCUT2D eigenvalue weighted by atomic mass is 9.76. The Kier molecular flexibility index (Phi) is 3.93. The summed E-state index contributed by atoms with van der Waals surface area (Å²) in [4.78, 5) is 0. The lowest BCUT2D eigenvalue weighted by Crippen LogP contribution is -2.26. The molecule has 0 spiro atoms. The standard InChI is InChI=1S/C9H19Br/c1-7(2)8(6-10)9(3,4)5/h7-8H,6H2,1-5H3. The Labute approximate surface area is 73.5 Å². The van der Waals surface area contributed by atoms with Crippen LogP contribution in [0.2, 0.25) is 0 Å². The summed E-state index contributed by atoms with van der Waals surface area (Å²) in [6.45, 7) is 11.5. The van der Waals surface area contributed by atoms with E-state index in [1.54, 1.807) is 0 Å². The molecule has 0 fully saturated rings. The molecule has 0 radical (unpaired) electrons. The molecule has 0 saturated carbocycles. The predicted octanol–water partition coefficient (Wildman–Crippen LogP) is 3.70. The van der Waals surface area contributed by atoms with Gasteiger partial charge < -0.3 is 0 Å². The van der Waals surface area contributed by atoms with Gasteiger partial charge in [0.25, 0.3) is 0 Å². The Morgan fingerprint density at radius 3 is 1.60 bits per heavy atom. The van der Waals surface area contributed by atoms with Crippen LogP contribution >= 0.6 is 15.9 Å². The Hall–Kier alpha value is 0.480. The molecule has 0 aromatic heterocycles. The molecule has 0 saturated heterocycles. The van der Waals surface area contributed by atoms with E-state index in [0.717, 1.165) is 17.2 Å². The number of hydrogen-bond acceptors (Lipinski definition) is 0. The van der Waals surface area contributed by atoms with Crippen molar-refractivity contribution < 1.29 is 0 Å². The van der Waals surface area contributed by atoms with Gasteiger partial charge in [0.15, 0.2) is 0 Å². The fraction of sp³-hybridized carbons (Fsp3) is 1.00. The number of alkyl halides is 1. The molecule has 0 aromatic rings. The second kappa shape index (κ2) is 3.75. The lowest BCUT2D eigenvalue weighted by molar-refractivity contribution is 0.206. The third-order valence-electron chi connectivity index (χ3n) is 2.08. The Bertz CT molecular complexity index is 89.4. The molecule has 0 N–H and O–H groups in total. The minimum absolute atomic E-state index is 0.442. The highest BCUT2D eigenvalue weighted by Crippen LogP contribution is 2.32. The fourth-order valence-electron chi connectivity index (χ4n) is 1.41. The molecule has 62 valence electrons. The van der Waals surface area contributed by atoms with Gasteiger partial charge >= 0.3 is 0 Å². The summed E-state index contributed by atoms with van der Waals surface area (Å²) in [6, 6.07) is 0. The largest absolute Gasteiger partial charge is 0.0925 e. The molecule has 1 heteroatoms. The van der Waals surface area contributed by atoms with Crippen LogP contribution < -0.4 is 0 Å². The maximum absolute atomic E-state index is 3.55. The zero-order valence-electron chi connectivity index (χ0n) is 7.74. The maximum atomic E-state index is 3.55. The van der Waals surface area contributed by atoms with Crippen LogP contribution in [-0.2, 0) is 0 Å². The van der Waals surface area contributed by atoms with Gasteiger partial charge in [0, 0.05) is 5.33 Å². The van der Waals surface area contributed by atoms with Crippen molar-refractivity contribution in [2.75, 3.05) is 5.33 Å². The van der Waals surface area contributed by atoms with Crippen molar-refractivity contribution >= 4 is 15.9 Å². The minimum Gasteiger partial charge on any atom is -0.0925 e. The minimum atomic E-state index is 0.442. The maximum Gasteiger partial charge on any atom is 0.00671 e. The number of halogens is 1. The van der Waals surface area contributed by atoms with E-state index >= 15 is 0 Å². The first kappa shape index (κ1) is 10.5. The van der Waals surface area contributed by atoms with Crippen molar-refractivity contribution in [1.82, 2.24) is 0 Å². The summed E-state index contributed by atoms with van der Waals surface area (Å²) in [5.74, 6) is 1.56. The van der Waals surface area contributed by atoms with Crippen LogP contribution in [-0.4, -0.2) is 5.33 Å². The number of rotatable bonds is 2. The van der Waals surface area contributed by atoms with E-state index in [0.29, 0.717) is 5.41 Å². The SMILES string of the molecule is CC(C)C(CBr)C(C)(C)C. The Balaban J connectivity index is 4.07. The van der Waals surface area contributed by atoms with E-state index in [1.807, 2.05) is 0 Å². The van der Waals surface area contributed by atoms with E-state index in [-0.39, 0.29) is 0 Å². The van der Waals surface area contributed by atoms with Gasteiger partial charge in [0.1, 0.15) is 0 Å². The second-order valence-electron chi connectivity index (χ2n) is 4.37. The third-order valence-corrected chi connectivity index (χ3v) is 2.78. The summed E-state index contributed by atoms with van der Waals surface area (Å²) in [7, 11) is 0. The highest BCUT2D eigenvalue weighted by Gasteiger charge is 2.25. The fourth-order valence-corrected chi connectivity index (χ4v) is 3.13. The molecule has 10 heavy (non-hydrogen) atoms. The molecule has 0 aromatic carbocycles. The zero-order valence-corrected chi connectivity index (χ0v) is 9.33. The van der Waals surface area contributed by atoms with Crippen LogP contribution in [0.1, 0.15) is 34.6 Å². The van der Waals surface area contributed by atoms with Crippen molar-refractivity contribution in [2.45, 2.75) is 34.6 Å². The van der Waals surface area contributed by atoms with Gasteiger partial charge in [-0.25, -0.2) is 0 Å². The van der Waals surface area contributed by atoms with Crippen LogP contribution in [0.4, 0.5) is 0 Å². The Morgan fingerprint density at radius 2 is 1.60 bits per heavy atom. The summed E-state index contributed by atoms with van der Waals surface area (Å²) in [6.07, 6.45) is 0. The Morgan fingerprint density at radius 1 is 1.20 bits per heavy atom. The van der Waals surface area contributed by atoms with Crippen molar-refractivity contribution in [1.29, 1.82) is 0 Å². The van der Waals surface area contributed by atoms with Crippen LogP contribution in [0, 0.1) is 17.3 Å². The van der Waals surface area contributed by atoms with Crippen molar-refractivity contribution in [2.24, 2.45) is 17.3 Å². The van der Waals surface area contributed by atoms with Gasteiger partial charge in [0.2, 0.25) is 0 Å². The molecule has 1 unspecified atom stereocenters. The summed E-state index contributed by atoms with van der Waals surface area (Å²) in [5.41, 5.74) is 0.442. The van der Waals surface area contributed by atoms with Crippen molar-refractivity contribution in [3.8, 4) is 0 Å². The molecular formula is C9H19Br. The molecule has 0 aliphatic rings. The van der Waals surface area contributed by atoms with Crippen LogP contribution in [0.15, 0.2) is 0 Å². The lowest BCUT2D eigenvalue weighted by Gasteiger charge is -2.32. The summed E-state index contributed by atoms with van der Waals surface area (Å²) < 4.78 is 0. The van der Waals surface area contributed by atoms with Gasteiger partial charge in [-0.05, 0) is 17.3 Å². The van der Waals surface area contributed by atoms with Crippen LogP contribution in [0.25, 0.3) is 0 Å². The van der Waals surface area contributed by atoms with E-state index < -0.39 is 0 Å². The highest BCUT2D eigenvalue weighted by atomic mass is 79.9. The quantitative estimate of drug-likeness (QED) is 0.605. The van der Waals surface area contributed by atoms with Crippen molar-refractivity contribution in [3.63, 3.8) is 0 Å². The normalized spacial score (nSPS) is 15.9. The van der Waals surface area contributed by atoms with Gasteiger partial charge in [-0.15, -0.1) is 0 Å². The van der Waals surface area contributed by atoms with E-state index in [9.17, 15) is 0 Å². The van der Waals surface area contributed by atoms with E-state index in [2.05, 4.69) is 50.5 Å². The third kappa shape index (κ3) is 3.05. The van der Waals surface area contributed by atoms with Crippen LogP contribution in [0.3, 0.4) is 0 Å². The molecule has 0 aliphatic carbocycles. The van der Waals surface area contributed by atoms with Crippen molar-refractivity contribution in [3.05, 3.63) is 0 Å². The molecule has 0 heterocycles. The molecule has 0 bridgehead atoms. The topological polar surface area (TPSA) is 0 Å². The monoisotopic (exact) mass is 206 g/mol.